The molecule has 0 fully saturated rings. The SMILES string of the molecule is COCc1nc2cccc(C(=O)O)n2n1. The lowest BCUT2D eigenvalue weighted by Crippen LogP contribution is -2.05. The molecule has 0 spiro atoms. The van der Waals surface area contributed by atoms with Crippen molar-refractivity contribution in [2.45, 2.75) is 6.61 Å². The Bertz CT molecular complexity index is 506. The number of carboxylic acids is 1. The van der Waals surface area contributed by atoms with Crippen LogP contribution in [0.3, 0.4) is 0 Å². The van der Waals surface area contributed by atoms with E-state index in [0.717, 1.165) is 0 Å². The molecule has 1 N–H and O–H groups in total. The Morgan fingerprint density at radius 1 is 1.60 bits per heavy atom. The van der Waals surface area contributed by atoms with Gasteiger partial charge in [-0.2, -0.15) is 0 Å². The molecule has 2 aromatic rings. The fourth-order valence-electron chi connectivity index (χ4n) is 1.30. The first-order valence-corrected chi connectivity index (χ1v) is 4.29. The lowest BCUT2D eigenvalue weighted by Gasteiger charge is -1.96. The van der Waals surface area contributed by atoms with Gasteiger partial charge in [-0.3, -0.25) is 0 Å². The molecule has 2 aromatic heterocycles. The standard InChI is InChI=1S/C9H9N3O3/c1-15-5-7-10-8-4-2-3-6(9(13)14)12(8)11-7/h2-4H,5H2,1H3,(H,13,14). The monoisotopic (exact) mass is 207 g/mol. The van der Waals surface area contributed by atoms with Gasteiger partial charge in [0.25, 0.3) is 0 Å². The number of aromatic carboxylic acids is 1. The van der Waals surface area contributed by atoms with Crippen molar-refractivity contribution in [3.8, 4) is 0 Å². The number of carboxylic acid groups (broad SMARTS) is 1. The largest absolute Gasteiger partial charge is 0.477 e. The van der Waals surface area contributed by atoms with E-state index < -0.39 is 5.97 Å². The van der Waals surface area contributed by atoms with Gasteiger partial charge in [-0.1, -0.05) is 6.07 Å². The molecule has 0 atom stereocenters. The Balaban J connectivity index is 2.59. The maximum absolute atomic E-state index is 10.9. The molecule has 0 aromatic carbocycles. The molecular weight excluding hydrogens is 198 g/mol. The number of ether oxygens (including phenoxy) is 1. The average molecular weight is 207 g/mol. The molecular formula is C9H9N3O3. The molecule has 2 heterocycles. The third-order valence-corrected chi connectivity index (χ3v) is 1.90. The van der Waals surface area contributed by atoms with E-state index in [1.165, 1.54) is 17.7 Å². The van der Waals surface area contributed by atoms with Crippen LogP contribution >= 0.6 is 0 Å². The molecule has 0 aliphatic carbocycles. The average Bonchev–Trinajstić information content (AvgIpc) is 2.59. The van der Waals surface area contributed by atoms with Gasteiger partial charge in [0, 0.05) is 7.11 Å². The summed E-state index contributed by atoms with van der Waals surface area (Å²) in [5.41, 5.74) is 0.587. The smallest absolute Gasteiger partial charge is 0.354 e. The fourth-order valence-corrected chi connectivity index (χ4v) is 1.30. The van der Waals surface area contributed by atoms with Gasteiger partial charge in [-0.05, 0) is 12.1 Å². The highest BCUT2D eigenvalue weighted by Gasteiger charge is 2.11. The molecule has 6 nitrogen and oxygen atoms in total. The first kappa shape index (κ1) is 9.60. The van der Waals surface area contributed by atoms with Crippen LogP contribution in [0.2, 0.25) is 0 Å². The quantitative estimate of drug-likeness (QED) is 0.796. The molecule has 6 heteroatoms. The van der Waals surface area contributed by atoms with Crippen molar-refractivity contribution in [1.29, 1.82) is 0 Å². The summed E-state index contributed by atoms with van der Waals surface area (Å²) >= 11 is 0. The van der Waals surface area contributed by atoms with Crippen LogP contribution in [0.4, 0.5) is 0 Å². The van der Waals surface area contributed by atoms with E-state index in [1.54, 1.807) is 12.1 Å². The number of carbonyl (C=O) groups is 1. The minimum atomic E-state index is -1.03. The van der Waals surface area contributed by atoms with E-state index in [-0.39, 0.29) is 12.3 Å². The Morgan fingerprint density at radius 3 is 3.07 bits per heavy atom. The van der Waals surface area contributed by atoms with Gasteiger partial charge in [-0.15, -0.1) is 5.10 Å². The Morgan fingerprint density at radius 2 is 2.40 bits per heavy atom. The van der Waals surface area contributed by atoms with Crippen molar-refractivity contribution >= 4 is 11.6 Å². The van der Waals surface area contributed by atoms with Crippen LogP contribution < -0.4 is 0 Å². The van der Waals surface area contributed by atoms with Crippen LogP contribution in [0, 0.1) is 0 Å². The zero-order chi connectivity index (χ0) is 10.8. The predicted molar refractivity (Wildman–Crippen MR) is 50.7 cm³/mol. The number of fused-ring (bicyclic) bond motifs is 1. The van der Waals surface area contributed by atoms with E-state index in [9.17, 15) is 4.79 Å². The maximum Gasteiger partial charge on any atom is 0.354 e. The zero-order valence-electron chi connectivity index (χ0n) is 8.04. The third kappa shape index (κ3) is 1.66. The number of methoxy groups -OCH3 is 1. The molecule has 0 aliphatic rings. The van der Waals surface area contributed by atoms with Crippen molar-refractivity contribution < 1.29 is 14.6 Å². The van der Waals surface area contributed by atoms with Gasteiger partial charge in [0.2, 0.25) is 0 Å². The van der Waals surface area contributed by atoms with E-state index in [2.05, 4.69) is 10.1 Å². The second-order valence-corrected chi connectivity index (χ2v) is 2.95. The van der Waals surface area contributed by atoms with Crippen molar-refractivity contribution in [3.05, 3.63) is 29.7 Å². The first-order valence-electron chi connectivity index (χ1n) is 4.29. The second-order valence-electron chi connectivity index (χ2n) is 2.95. The summed E-state index contributed by atoms with van der Waals surface area (Å²) in [5.74, 6) is -0.569. The van der Waals surface area contributed by atoms with E-state index >= 15 is 0 Å². The Hall–Kier alpha value is -1.95. The molecule has 0 saturated heterocycles. The number of hydrogen-bond acceptors (Lipinski definition) is 4. The summed E-state index contributed by atoms with van der Waals surface area (Å²) in [4.78, 5) is 15.0. The van der Waals surface area contributed by atoms with Crippen LogP contribution in [0.25, 0.3) is 5.65 Å². The number of rotatable bonds is 3. The lowest BCUT2D eigenvalue weighted by molar-refractivity contribution is 0.0687. The van der Waals surface area contributed by atoms with Crippen LogP contribution in [-0.2, 0) is 11.3 Å². The molecule has 0 bridgehead atoms. The van der Waals surface area contributed by atoms with Gasteiger partial charge in [-0.25, -0.2) is 14.3 Å². The van der Waals surface area contributed by atoms with Crippen molar-refractivity contribution in [3.63, 3.8) is 0 Å². The molecule has 0 unspecified atom stereocenters. The number of nitrogens with zero attached hydrogens (tertiary/aromatic N) is 3. The molecule has 78 valence electrons. The van der Waals surface area contributed by atoms with Gasteiger partial charge < -0.3 is 9.84 Å². The molecule has 0 aliphatic heterocycles. The summed E-state index contributed by atoms with van der Waals surface area (Å²) in [6, 6.07) is 4.79. The van der Waals surface area contributed by atoms with Gasteiger partial charge >= 0.3 is 5.97 Å². The Labute approximate surface area is 85.1 Å². The fraction of sp³-hybridized carbons (Fsp3) is 0.222. The molecule has 0 saturated carbocycles. The third-order valence-electron chi connectivity index (χ3n) is 1.90. The van der Waals surface area contributed by atoms with Gasteiger partial charge in [0.15, 0.2) is 17.2 Å². The van der Waals surface area contributed by atoms with Crippen LogP contribution in [0.15, 0.2) is 18.2 Å². The van der Waals surface area contributed by atoms with Crippen LogP contribution in [-0.4, -0.2) is 32.8 Å². The minimum Gasteiger partial charge on any atom is -0.477 e. The van der Waals surface area contributed by atoms with Crippen LogP contribution in [0.5, 0.6) is 0 Å². The van der Waals surface area contributed by atoms with E-state index in [0.29, 0.717) is 11.5 Å². The summed E-state index contributed by atoms with van der Waals surface area (Å²) in [6.45, 7) is 0.265. The zero-order valence-corrected chi connectivity index (χ0v) is 8.04. The Kier molecular flexibility index (Phi) is 2.34. The van der Waals surface area contributed by atoms with Crippen molar-refractivity contribution in [1.82, 2.24) is 14.6 Å². The van der Waals surface area contributed by atoms with Gasteiger partial charge in [0.05, 0.1) is 0 Å². The summed E-state index contributed by atoms with van der Waals surface area (Å²) in [5, 5.41) is 12.9. The van der Waals surface area contributed by atoms with Gasteiger partial charge in [0.1, 0.15) is 6.61 Å². The number of hydrogen-bond donors (Lipinski definition) is 1. The molecule has 2 rings (SSSR count). The first-order chi connectivity index (χ1) is 7.22. The summed E-state index contributed by atoms with van der Waals surface area (Å²) in [6.07, 6.45) is 0. The topological polar surface area (TPSA) is 76.7 Å². The molecule has 0 radical (unpaired) electrons. The predicted octanol–water partition coefficient (Wildman–Crippen LogP) is 0.574. The number of pyridine rings is 1. The van der Waals surface area contributed by atoms with Crippen molar-refractivity contribution in [2.75, 3.05) is 7.11 Å². The highest BCUT2D eigenvalue weighted by Crippen LogP contribution is 2.06. The molecule has 0 amide bonds. The van der Waals surface area contributed by atoms with E-state index in [4.69, 9.17) is 9.84 Å². The summed E-state index contributed by atoms with van der Waals surface area (Å²) in [7, 11) is 1.53. The highest BCUT2D eigenvalue weighted by molar-refractivity contribution is 5.86. The molecule has 15 heavy (non-hydrogen) atoms. The lowest BCUT2D eigenvalue weighted by atomic mass is 10.3. The minimum absolute atomic E-state index is 0.0855. The highest BCUT2D eigenvalue weighted by atomic mass is 16.5. The van der Waals surface area contributed by atoms with Crippen LogP contribution in [0.1, 0.15) is 16.3 Å². The summed E-state index contributed by atoms with van der Waals surface area (Å²) < 4.78 is 6.16. The maximum atomic E-state index is 10.9. The number of aromatic nitrogens is 3. The van der Waals surface area contributed by atoms with E-state index in [1.807, 2.05) is 0 Å². The normalized spacial score (nSPS) is 10.7. The van der Waals surface area contributed by atoms with Crippen molar-refractivity contribution in [2.24, 2.45) is 0 Å². The second kappa shape index (κ2) is 3.66.